The van der Waals surface area contributed by atoms with Crippen LogP contribution in [0.2, 0.25) is 13.1 Å². The summed E-state index contributed by atoms with van der Waals surface area (Å²) in [4.78, 5) is 0.770. The zero-order valence-electron chi connectivity index (χ0n) is 13.8. The summed E-state index contributed by atoms with van der Waals surface area (Å²) in [5.41, 5.74) is 0. The number of hydrogen-bond donors (Lipinski definition) is 0. The van der Waals surface area contributed by atoms with Crippen molar-refractivity contribution in [1.29, 1.82) is 0 Å². The van der Waals surface area contributed by atoms with Gasteiger partial charge in [0.25, 0.3) is 0 Å². The van der Waals surface area contributed by atoms with Crippen LogP contribution < -0.4 is 0 Å². The van der Waals surface area contributed by atoms with Gasteiger partial charge >= 0.3 is 21.7 Å². The Bertz CT molecular complexity index is 154. The van der Waals surface area contributed by atoms with E-state index in [0.29, 0.717) is 6.85 Å². The first-order chi connectivity index (χ1) is 8.06. The predicted molar refractivity (Wildman–Crippen MR) is 92.6 cm³/mol. The van der Waals surface area contributed by atoms with Gasteiger partial charge in [0.05, 0.1) is 0 Å². The quantitative estimate of drug-likeness (QED) is 0.388. The first-order valence-electron chi connectivity index (χ1n) is 6.26. The number of alkyl halides is 1. The third-order valence-electron chi connectivity index (χ3n) is 2.65. The summed E-state index contributed by atoms with van der Waals surface area (Å²) in [7, 11) is 8.92. The molecular weight excluding hydrogens is 337 g/mol. The van der Waals surface area contributed by atoms with Crippen LogP contribution in [-0.4, -0.2) is 46.9 Å². The van der Waals surface area contributed by atoms with Crippen molar-refractivity contribution >= 4 is 22.8 Å². The van der Waals surface area contributed by atoms with E-state index < -0.39 is 0 Å². The zero-order chi connectivity index (χ0) is 13.7. The van der Waals surface area contributed by atoms with Crippen molar-refractivity contribution in [3.63, 3.8) is 0 Å². The van der Waals surface area contributed by atoms with Crippen molar-refractivity contribution in [3.05, 3.63) is 23.3 Å². The fraction of sp³-hybridized carbons (Fsp3) is 0.923. The minimum atomic E-state index is 0. The molecule has 0 aliphatic heterocycles. The van der Waals surface area contributed by atoms with E-state index >= 15 is 0 Å². The summed E-state index contributed by atoms with van der Waals surface area (Å²) < 4.78 is 0. The van der Waals surface area contributed by atoms with Gasteiger partial charge in [-0.1, -0.05) is 35.1 Å². The monoisotopic (exact) mass is 367 g/mol. The molecule has 1 aliphatic carbocycles. The van der Waals surface area contributed by atoms with Crippen molar-refractivity contribution in [2.45, 2.75) is 37.2 Å². The van der Waals surface area contributed by atoms with Gasteiger partial charge in [-0.3, -0.25) is 0 Å². The Kier molecular flexibility index (Phi) is 32.0. The molecule has 1 saturated carbocycles. The third kappa shape index (κ3) is 19.1. The van der Waals surface area contributed by atoms with Gasteiger partial charge in [0.15, 0.2) is 0 Å². The van der Waals surface area contributed by atoms with Gasteiger partial charge in [0.2, 0.25) is 0 Å². The largest absolute Gasteiger partial charge is 4.00 e. The fourth-order valence-corrected chi connectivity index (χ4v) is 2.60. The normalized spacial score (nSPS) is 19.7. The van der Waals surface area contributed by atoms with E-state index in [1.165, 1.54) is 25.6 Å². The Morgan fingerprint density at radius 1 is 1.05 bits per heavy atom. The second-order valence-electron chi connectivity index (χ2n) is 4.44. The minimum Gasteiger partial charge on any atom is -0.689 e. The van der Waals surface area contributed by atoms with Crippen molar-refractivity contribution in [3.8, 4) is 0 Å². The molecule has 1 rings (SSSR count). The van der Waals surface area contributed by atoms with Crippen molar-refractivity contribution in [2.75, 3.05) is 35.2 Å². The van der Waals surface area contributed by atoms with E-state index in [1.807, 2.05) is 7.05 Å². The topological polar surface area (TPSA) is 42.3 Å². The Morgan fingerprint density at radius 2 is 1.47 bits per heavy atom. The smallest absolute Gasteiger partial charge is 0.689 e. The number of hydrogen-bond acceptors (Lipinski definition) is 0. The Labute approximate surface area is 145 Å². The molecule has 1 fully saturated rings. The molecule has 0 amide bonds. The molecule has 0 spiro atoms. The molecule has 0 aromatic rings. The van der Waals surface area contributed by atoms with Crippen LogP contribution in [0.15, 0.2) is 0 Å². The van der Waals surface area contributed by atoms with Crippen LogP contribution in [0.3, 0.4) is 0 Å². The number of halogens is 1. The van der Waals surface area contributed by atoms with Gasteiger partial charge in [0.1, 0.15) is 0 Å². The number of nitrogens with zero attached hydrogens (tertiary/aromatic N) is 3. The Morgan fingerprint density at radius 3 is 1.74 bits per heavy atom. The van der Waals surface area contributed by atoms with Gasteiger partial charge < -0.3 is 23.3 Å². The van der Waals surface area contributed by atoms with Crippen LogP contribution in [0.5, 0.6) is 0 Å². The van der Waals surface area contributed by atoms with E-state index in [0.717, 1.165) is 10.7 Å². The summed E-state index contributed by atoms with van der Waals surface area (Å²) in [6.45, 7) is 2.76. The standard InChI is InChI=1S/C8H16BBrN.2C2H6N.CH3.Ti/c1-9(11-2)6-7-4-3-5-8(7)10;2*1-3-2;;/h7-8H,3-6H2,1-2H3;2*1-2H3;1H3;/q4*-1;+4. The molecule has 0 saturated heterocycles. The fourth-order valence-electron chi connectivity index (χ4n) is 1.80. The third-order valence-corrected chi connectivity index (χ3v) is 3.86. The molecular formula is C13H31BBrN3Ti. The van der Waals surface area contributed by atoms with Crippen LogP contribution in [-0.2, 0) is 21.7 Å². The molecule has 0 heterocycles. The van der Waals surface area contributed by atoms with Gasteiger partial charge in [-0.05, 0) is 12.3 Å². The average Bonchev–Trinajstić information content (AvgIpc) is 2.66. The summed E-state index contributed by atoms with van der Waals surface area (Å²) in [5.74, 6) is 0.883. The van der Waals surface area contributed by atoms with Gasteiger partial charge in [-0.25, -0.2) is 0 Å². The van der Waals surface area contributed by atoms with Crippen LogP contribution >= 0.6 is 15.9 Å². The molecule has 2 unspecified atom stereocenters. The van der Waals surface area contributed by atoms with Crippen LogP contribution in [0.4, 0.5) is 0 Å². The SMILES string of the molecule is C[N-]B(C)CC1CCCC1Br.C[N-]C.C[N-]C.[CH3-].[Ti+4]. The predicted octanol–water partition coefficient (Wildman–Crippen LogP) is 4.86. The Hall–Kier alpha value is 1.14. The molecule has 0 aromatic heterocycles. The first kappa shape index (κ1) is 28.3. The summed E-state index contributed by atoms with van der Waals surface area (Å²) in [6, 6.07) is 0. The van der Waals surface area contributed by atoms with E-state index in [4.69, 9.17) is 0 Å². The second kappa shape index (κ2) is 21.4. The molecule has 0 N–H and O–H groups in total. The maximum Gasteiger partial charge on any atom is 4.00 e. The first-order valence-corrected chi connectivity index (χ1v) is 7.17. The summed E-state index contributed by atoms with van der Waals surface area (Å²) in [5, 5.41) is 11.3. The van der Waals surface area contributed by atoms with Crippen LogP contribution in [0.1, 0.15) is 19.3 Å². The molecule has 3 nitrogen and oxygen atoms in total. The van der Waals surface area contributed by atoms with Gasteiger partial charge in [-0.15, -0.1) is 6.82 Å². The molecule has 2 atom stereocenters. The summed E-state index contributed by atoms with van der Waals surface area (Å²) >= 11 is 3.72. The molecule has 0 bridgehead atoms. The molecule has 19 heavy (non-hydrogen) atoms. The van der Waals surface area contributed by atoms with Crippen LogP contribution in [0, 0.1) is 13.3 Å². The van der Waals surface area contributed by atoms with E-state index in [-0.39, 0.29) is 29.1 Å². The molecule has 0 radical (unpaired) electrons. The second-order valence-corrected chi connectivity index (χ2v) is 5.62. The van der Waals surface area contributed by atoms with E-state index in [2.05, 4.69) is 38.6 Å². The molecule has 6 heteroatoms. The molecule has 0 aromatic carbocycles. The van der Waals surface area contributed by atoms with Crippen LogP contribution in [0.25, 0.3) is 15.9 Å². The van der Waals surface area contributed by atoms with Crippen molar-refractivity contribution in [1.82, 2.24) is 0 Å². The van der Waals surface area contributed by atoms with Crippen molar-refractivity contribution < 1.29 is 21.7 Å². The van der Waals surface area contributed by atoms with Crippen molar-refractivity contribution in [2.24, 2.45) is 5.92 Å². The Balaban J connectivity index is -0.000000122. The molecule has 1 aliphatic rings. The van der Waals surface area contributed by atoms with Gasteiger partial charge in [-0.2, -0.15) is 35.2 Å². The average molecular weight is 368 g/mol. The zero-order valence-corrected chi connectivity index (χ0v) is 16.9. The number of rotatable bonds is 3. The maximum absolute atomic E-state index is 4.27. The molecule has 112 valence electrons. The van der Waals surface area contributed by atoms with Gasteiger partial charge in [0, 0.05) is 11.7 Å². The van der Waals surface area contributed by atoms with E-state index in [9.17, 15) is 0 Å². The summed E-state index contributed by atoms with van der Waals surface area (Å²) in [6.07, 6.45) is 5.43. The van der Waals surface area contributed by atoms with E-state index in [1.54, 1.807) is 28.2 Å². The minimum absolute atomic E-state index is 0. The maximum atomic E-state index is 4.27.